The molecule has 0 saturated heterocycles. The summed E-state index contributed by atoms with van der Waals surface area (Å²) in [5.74, 6) is -0.138. The third-order valence-corrected chi connectivity index (χ3v) is 3.25. The van der Waals surface area contributed by atoms with Crippen molar-refractivity contribution in [3.63, 3.8) is 0 Å². The van der Waals surface area contributed by atoms with Gasteiger partial charge in [-0.1, -0.05) is 13.8 Å². The van der Waals surface area contributed by atoms with E-state index in [-0.39, 0.29) is 17.7 Å². The highest BCUT2D eigenvalue weighted by Gasteiger charge is 2.26. The Kier molecular flexibility index (Phi) is 8.50. The number of rotatable bonds is 9. The molecule has 2 amide bonds. The lowest BCUT2D eigenvalue weighted by Gasteiger charge is -2.22. The fourth-order valence-corrected chi connectivity index (χ4v) is 2.16. The third-order valence-electron chi connectivity index (χ3n) is 3.25. The van der Waals surface area contributed by atoms with Crippen LogP contribution in [0.25, 0.3) is 0 Å². The number of amides is 2. The lowest BCUT2D eigenvalue weighted by molar-refractivity contribution is 0.0488. The molecule has 0 aliphatic rings. The molecular weight excluding hydrogens is 338 g/mol. The van der Waals surface area contributed by atoms with Crippen LogP contribution in [0.15, 0.2) is 4.42 Å². The Morgan fingerprint density at radius 1 is 1.23 bits per heavy atom. The van der Waals surface area contributed by atoms with E-state index in [0.717, 1.165) is 12.8 Å². The highest BCUT2D eigenvalue weighted by Crippen LogP contribution is 2.21. The lowest BCUT2D eigenvalue weighted by atomic mass is 10.0. The van der Waals surface area contributed by atoms with Gasteiger partial charge in [0.25, 0.3) is 0 Å². The maximum absolute atomic E-state index is 12.1. The lowest BCUT2D eigenvalue weighted by Crippen LogP contribution is -2.35. The Morgan fingerprint density at radius 2 is 1.92 bits per heavy atom. The van der Waals surface area contributed by atoms with Crippen LogP contribution >= 0.6 is 0 Å². The first kappa shape index (κ1) is 21.9. The molecular formula is C17H31N5O4. The number of ether oxygens (including phenoxy) is 1. The van der Waals surface area contributed by atoms with Crippen LogP contribution in [-0.4, -0.2) is 40.9 Å². The van der Waals surface area contributed by atoms with Crippen LogP contribution in [-0.2, 0) is 4.74 Å². The second-order valence-corrected chi connectivity index (χ2v) is 7.53. The number of nitrogens with two attached hydrogens (primary N) is 1. The molecule has 9 heteroatoms. The number of hydrogen-bond donors (Lipinski definition) is 3. The van der Waals surface area contributed by atoms with Crippen molar-refractivity contribution < 1.29 is 18.7 Å². The van der Waals surface area contributed by atoms with Gasteiger partial charge in [-0.15, -0.1) is 10.2 Å². The van der Waals surface area contributed by atoms with Gasteiger partial charge in [-0.05, 0) is 52.5 Å². The van der Waals surface area contributed by atoms with Crippen molar-refractivity contribution in [2.24, 2.45) is 11.7 Å². The quantitative estimate of drug-likeness (QED) is 0.568. The molecule has 0 radical (unpaired) electrons. The van der Waals surface area contributed by atoms with Crippen LogP contribution in [0.5, 0.6) is 0 Å². The van der Waals surface area contributed by atoms with Crippen molar-refractivity contribution in [2.75, 3.05) is 13.1 Å². The van der Waals surface area contributed by atoms with Gasteiger partial charge in [-0.3, -0.25) is 4.79 Å². The van der Waals surface area contributed by atoms with Crippen LogP contribution in [0, 0.1) is 5.92 Å². The molecule has 1 rings (SSSR count). The summed E-state index contributed by atoms with van der Waals surface area (Å²) in [6.07, 6.45) is 1.60. The van der Waals surface area contributed by atoms with Gasteiger partial charge < -0.3 is 25.5 Å². The molecule has 4 N–H and O–H groups in total. The van der Waals surface area contributed by atoms with E-state index in [4.69, 9.17) is 14.9 Å². The minimum atomic E-state index is -0.615. The summed E-state index contributed by atoms with van der Waals surface area (Å²) in [6.45, 7) is 10.4. The Morgan fingerprint density at radius 3 is 2.50 bits per heavy atom. The predicted molar refractivity (Wildman–Crippen MR) is 96.5 cm³/mol. The first-order valence-electron chi connectivity index (χ1n) is 8.93. The van der Waals surface area contributed by atoms with Crippen molar-refractivity contribution in [1.29, 1.82) is 0 Å². The van der Waals surface area contributed by atoms with E-state index >= 15 is 0 Å². The highest BCUT2D eigenvalue weighted by atomic mass is 16.6. The number of alkyl carbamates (subject to hydrolysis) is 1. The van der Waals surface area contributed by atoms with E-state index in [0.29, 0.717) is 19.5 Å². The molecule has 0 aromatic carbocycles. The van der Waals surface area contributed by atoms with Gasteiger partial charge in [0, 0.05) is 6.54 Å². The molecule has 0 aliphatic carbocycles. The van der Waals surface area contributed by atoms with Crippen molar-refractivity contribution in [3.8, 4) is 0 Å². The highest BCUT2D eigenvalue weighted by molar-refractivity contribution is 5.89. The number of nitrogens with one attached hydrogen (secondary N) is 2. The van der Waals surface area contributed by atoms with Crippen LogP contribution in [0.1, 0.15) is 76.5 Å². The summed E-state index contributed by atoms with van der Waals surface area (Å²) < 4.78 is 10.7. The molecule has 1 heterocycles. The number of carbonyl (C=O) groups is 2. The molecule has 1 aromatic heterocycles. The topological polar surface area (TPSA) is 132 Å². The molecule has 26 heavy (non-hydrogen) atoms. The number of carbonyl (C=O) groups excluding carboxylic acids is 2. The van der Waals surface area contributed by atoms with E-state index in [1.165, 1.54) is 0 Å². The fraction of sp³-hybridized carbons (Fsp3) is 0.765. The van der Waals surface area contributed by atoms with Crippen molar-refractivity contribution >= 4 is 12.0 Å². The van der Waals surface area contributed by atoms with Gasteiger partial charge in [0.1, 0.15) is 11.6 Å². The van der Waals surface area contributed by atoms with Gasteiger partial charge >= 0.3 is 17.9 Å². The molecule has 0 bridgehead atoms. The third kappa shape index (κ3) is 8.28. The Bertz CT molecular complexity index is 580. The molecule has 0 saturated carbocycles. The van der Waals surface area contributed by atoms with E-state index in [1.54, 1.807) is 20.8 Å². The Labute approximate surface area is 154 Å². The molecule has 1 atom stereocenters. The second-order valence-electron chi connectivity index (χ2n) is 7.53. The number of nitrogens with zero attached hydrogens (tertiary/aromatic N) is 2. The molecule has 1 aromatic rings. The average molecular weight is 369 g/mol. The molecule has 0 aliphatic heterocycles. The van der Waals surface area contributed by atoms with Gasteiger partial charge in [0.15, 0.2) is 0 Å². The maximum Gasteiger partial charge on any atom is 0.408 e. The zero-order valence-corrected chi connectivity index (χ0v) is 16.3. The van der Waals surface area contributed by atoms with Gasteiger partial charge in [0.2, 0.25) is 5.89 Å². The van der Waals surface area contributed by atoms with Crippen LogP contribution < -0.4 is 16.4 Å². The van der Waals surface area contributed by atoms with E-state index in [1.807, 2.05) is 13.8 Å². The fourth-order valence-electron chi connectivity index (χ4n) is 2.16. The van der Waals surface area contributed by atoms with Gasteiger partial charge in [-0.2, -0.15) is 0 Å². The SMILES string of the molecule is CC(C)CC(NC(=O)OC(C)(C)C)c1nnc(C(=O)NCCCCN)o1. The Hall–Kier alpha value is -2.16. The smallest absolute Gasteiger partial charge is 0.408 e. The average Bonchev–Trinajstić information content (AvgIpc) is 2.98. The van der Waals surface area contributed by atoms with E-state index in [2.05, 4.69) is 20.8 Å². The first-order valence-corrected chi connectivity index (χ1v) is 8.93. The van der Waals surface area contributed by atoms with Gasteiger partial charge in [0.05, 0.1) is 0 Å². The zero-order chi connectivity index (χ0) is 19.7. The maximum atomic E-state index is 12.1. The summed E-state index contributed by atoms with van der Waals surface area (Å²) in [4.78, 5) is 24.1. The molecule has 148 valence electrons. The predicted octanol–water partition coefficient (Wildman–Crippen LogP) is 2.15. The zero-order valence-electron chi connectivity index (χ0n) is 16.3. The van der Waals surface area contributed by atoms with Crippen molar-refractivity contribution in [3.05, 3.63) is 11.8 Å². The summed E-state index contributed by atoms with van der Waals surface area (Å²) in [5, 5.41) is 13.1. The van der Waals surface area contributed by atoms with E-state index in [9.17, 15) is 9.59 Å². The summed E-state index contributed by atoms with van der Waals surface area (Å²) >= 11 is 0. The minimum absolute atomic E-state index is 0.132. The Balaban J connectivity index is 2.74. The summed E-state index contributed by atoms with van der Waals surface area (Å²) in [6, 6.07) is -0.531. The molecule has 9 nitrogen and oxygen atoms in total. The normalized spacial score (nSPS) is 12.7. The number of hydrogen-bond acceptors (Lipinski definition) is 7. The molecule has 0 spiro atoms. The second kappa shape index (κ2) is 10.1. The summed E-state index contributed by atoms with van der Waals surface area (Å²) in [5.41, 5.74) is 4.80. The van der Waals surface area contributed by atoms with Crippen LogP contribution in [0.4, 0.5) is 4.79 Å². The molecule has 0 fully saturated rings. The largest absolute Gasteiger partial charge is 0.444 e. The monoisotopic (exact) mass is 369 g/mol. The standard InChI is InChI=1S/C17H31N5O4/c1-11(2)10-12(20-16(24)26-17(3,4)5)14-21-22-15(25-14)13(23)19-9-7-6-8-18/h11-12H,6-10,18H2,1-5H3,(H,19,23)(H,20,24). The van der Waals surface area contributed by atoms with E-state index < -0.39 is 23.6 Å². The summed E-state index contributed by atoms with van der Waals surface area (Å²) in [7, 11) is 0. The number of aromatic nitrogens is 2. The first-order chi connectivity index (χ1) is 12.1. The van der Waals surface area contributed by atoms with Crippen LogP contribution in [0.2, 0.25) is 0 Å². The van der Waals surface area contributed by atoms with Crippen LogP contribution in [0.3, 0.4) is 0 Å². The molecule has 1 unspecified atom stereocenters. The number of unbranched alkanes of at least 4 members (excludes halogenated alkanes) is 1. The van der Waals surface area contributed by atoms with Crippen molar-refractivity contribution in [2.45, 2.75) is 65.5 Å². The minimum Gasteiger partial charge on any atom is -0.444 e. The van der Waals surface area contributed by atoms with Crippen molar-refractivity contribution in [1.82, 2.24) is 20.8 Å². The van der Waals surface area contributed by atoms with Gasteiger partial charge in [-0.25, -0.2) is 4.79 Å².